The summed E-state index contributed by atoms with van der Waals surface area (Å²) in [6.45, 7) is 0.247. The highest BCUT2D eigenvalue weighted by Crippen LogP contribution is 2.43. The lowest BCUT2D eigenvalue weighted by Crippen LogP contribution is -2.23. The first-order valence-electron chi connectivity index (χ1n) is 8.15. The van der Waals surface area contributed by atoms with E-state index in [0.29, 0.717) is 23.6 Å². The van der Waals surface area contributed by atoms with Crippen molar-refractivity contribution in [3.05, 3.63) is 59.1 Å². The van der Waals surface area contributed by atoms with E-state index in [1.807, 2.05) is 0 Å². The van der Waals surface area contributed by atoms with Gasteiger partial charge in [0.25, 0.3) is 0 Å². The maximum absolute atomic E-state index is 13.2. The van der Waals surface area contributed by atoms with E-state index in [1.54, 1.807) is 6.07 Å². The summed E-state index contributed by atoms with van der Waals surface area (Å²) in [4.78, 5) is 12.3. The van der Waals surface area contributed by atoms with Crippen LogP contribution in [0.25, 0.3) is 0 Å². The Kier molecular flexibility index (Phi) is 6.04. The van der Waals surface area contributed by atoms with Crippen molar-refractivity contribution < 1.29 is 23.4 Å². The Morgan fingerprint density at radius 2 is 1.85 bits per heavy atom. The van der Waals surface area contributed by atoms with Gasteiger partial charge in [0.15, 0.2) is 0 Å². The van der Waals surface area contributed by atoms with Gasteiger partial charge in [-0.3, -0.25) is 4.79 Å². The Labute approximate surface area is 159 Å². The van der Waals surface area contributed by atoms with Gasteiger partial charge < -0.3 is 9.84 Å². The van der Waals surface area contributed by atoms with E-state index in [-0.39, 0.29) is 23.6 Å². The second-order valence-corrected chi connectivity index (χ2v) is 8.01. The molecule has 26 heavy (non-hydrogen) atoms. The van der Waals surface area contributed by atoms with Gasteiger partial charge in [-0.25, -0.2) is 8.78 Å². The highest BCUT2D eigenvalue weighted by molar-refractivity contribution is 8.00. The number of carboxylic acids is 1. The fourth-order valence-electron chi connectivity index (χ4n) is 3.14. The van der Waals surface area contributed by atoms with Crippen molar-refractivity contribution in [2.45, 2.75) is 23.0 Å². The summed E-state index contributed by atoms with van der Waals surface area (Å²) < 4.78 is 31.8. The lowest BCUT2D eigenvalue weighted by Gasteiger charge is -2.16. The average molecular weight is 399 g/mol. The molecule has 0 saturated heterocycles. The van der Waals surface area contributed by atoms with Crippen molar-refractivity contribution >= 4 is 29.3 Å². The van der Waals surface area contributed by atoms with Gasteiger partial charge >= 0.3 is 5.97 Å². The van der Waals surface area contributed by atoms with Crippen LogP contribution in [0.2, 0.25) is 5.02 Å². The SMILES string of the molecule is O=C(O)[C@@H]1CC(Sc2ccc(F)cc2Cl)C[C@H]1COc1ccc(F)cc1. The van der Waals surface area contributed by atoms with Crippen LogP contribution in [0.3, 0.4) is 0 Å². The summed E-state index contributed by atoms with van der Waals surface area (Å²) in [7, 11) is 0. The highest BCUT2D eigenvalue weighted by Gasteiger charge is 2.39. The molecule has 3 rings (SSSR count). The number of aliphatic carboxylic acids is 1. The largest absolute Gasteiger partial charge is 0.493 e. The molecule has 0 bridgehead atoms. The minimum absolute atomic E-state index is 0.0564. The average Bonchev–Trinajstić information content (AvgIpc) is 3.00. The second-order valence-electron chi connectivity index (χ2n) is 6.26. The summed E-state index contributed by atoms with van der Waals surface area (Å²) >= 11 is 7.53. The molecular formula is C19H17ClF2O3S. The van der Waals surface area contributed by atoms with E-state index >= 15 is 0 Å². The molecule has 0 spiro atoms. The molecule has 3 nitrogen and oxygen atoms in total. The van der Waals surface area contributed by atoms with Crippen molar-refractivity contribution in [1.29, 1.82) is 0 Å². The van der Waals surface area contributed by atoms with E-state index in [9.17, 15) is 18.7 Å². The number of benzene rings is 2. The fraction of sp³-hybridized carbons (Fsp3) is 0.316. The third-order valence-electron chi connectivity index (χ3n) is 4.43. The number of carboxylic acid groups (broad SMARTS) is 1. The van der Waals surface area contributed by atoms with Crippen LogP contribution >= 0.6 is 23.4 Å². The third kappa shape index (κ3) is 4.68. The molecule has 0 heterocycles. The van der Waals surface area contributed by atoms with E-state index in [0.717, 1.165) is 4.90 Å². The molecule has 138 valence electrons. The van der Waals surface area contributed by atoms with E-state index in [2.05, 4.69) is 0 Å². The molecule has 0 aromatic heterocycles. The topological polar surface area (TPSA) is 46.5 Å². The Bertz CT molecular complexity index is 785. The van der Waals surface area contributed by atoms with Gasteiger partial charge in [0.1, 0.15) is 17.4 Å². The standard InChI is InChI=1S/C19H17ClF2O3S/c20-17-8-13(22)3-6-18(17)26-15-7-11(16(9-15)19(23)24)10-25-14-4-1-12(21)2-5-14/h1-6,8,11,15-16H,7,9-10H2,(H,23,24)/t11-,15?,16+/m0/s1. The lowest BCUT2D eigenvalue weighted by atomic mass is 9.97. The van der Waals surface area contributed by atoms with Crippen LogP contribution < -0.4 is 4.74 Å². The smallest absolute Gasteiger partial charge is 0.306 e. The first kappa shape index (κ1) is 19.0. The van der Waals surface area contributed by atoms with Gasteiger partial charge in [-0.15, -0.1) is 11.8 Å². The quantitative estimate of drug-likeness (QED) is 0.720. The molecule has 2 aromatic carbocycles. The number of thioether (sulfide) groups is 1. The number of hydrogen-bond donors (Lipinski definition) is 1. The number of ether oxygens (including phenoxy) is 1. The molecule has 1 aliphatic rings. The molecule has 1 unspecified atom stereocenters. The maximum atomic E-state index is 13.2. The second kappa shape index (κ2) is 8.27. The molecule has 2 aromatic rings. The molecule has 1 N–H and O–H groups in total. The van der Waals surface area contributed by atoms with Crippen LogP contribution in [-0.4, -0.2) is 22.9 Å². The Hall–Kier alpha value is -1.79. The Balaban J connectivity index is 1.64. The molecule has 0 aliphatic heterocycles. The predicted octanol–water partition coefficient (Wildman–Crippen LogP) is 5.27. The van der Waals surface area contributed by atoms with Crippen LogP contribution in [0.4, 0.5) is 8.78 Å². The van der Waals surface area contributed by atoms with Gasteiger partial charge in [0, 0.05) is 16.1 Å². The van der Waals surface area contributed by atoms with Gasteiger partial charge in [-0.1, -0.05) is 11.6 Å². The van der Waals surface area contributed by atoms with E-state index in [4.69, 9.17) is 16.3 Å². The summed E-state index contributed by atoms with van der Waals surface area (Å²) in [5, 5.41) is 9.89. The minimum Gasteiger partial charge on any atom is -0.493 e. The molecular weight excluding hydrogens is 382 g/mol. The van der Waals surface area contributed by atoms with Crippen molar-refractivity contribution in [1.82, 2.24) is 0 Å². The summed E-state index contributed by atoms with van der Waals surface area (Å²) in [6.07, 6.45) is 1.14. The lowest BCUT2D eigenvalue weighted by molar-refractivity contribution is -0.143. The van der Waals surface area contributed by atoms with Crippen LogP contribution in [0.5, 0.6) is 5.75 Å². The molecule has 0 amide bonds. The fourth-order valence-corrected chi connectivity index (χ4v) is 4.77. The number of carbonyl (C=O) groups is 1. The zero-order valence-electron chi connectivity index (χ0n) is 13.7. The van der Waals surface area contributed by atoms with Crippen molar-refractivity contribution in [2.24, 2.45) is 11.8 Å². The summed E-state index contributed by atoms with van der Waals surface area (Å²) in [5.41, 5.74) is 0. The van der Waals surface area contributed by atoms with Crippen LogP contribution in [0, 0.1) is 23.5 Å². The molecule has 7 heteroatoms. The molecule has 1 saturated carbocycles. The predicted molar refractivity (Wildman–Crippen MR) is 96.8 cm³/mol. The zero-order valence-corrected chi connectivity index (χ0v) is 15.3. The van der Waals surface area contributed by atoms with E-state index < -0.39 is 17.7 Å². The summed E-state index contributed by atoms with van der Waals surface area (Å²) in [6, 6.07) is 9.84. The first-order valence-corrected chi connectivity index (χ1v) is 9.41. The first-order chi connectivity index (χ1) is 12.4. The molecule has 1 aliphatic carbocycles. The Morgan fingerprint density at radius 1 is 1.15 bits per heavy atom. The number of halogens is 3. The molecule has 0 radical (unpaired) electrons. The summed E-state index contributed by atoms with van der Waals surface area (Å²) in [5.74, 6) is -1.78. The van der Waals surface area contributed by atoms with Crippen molar-refractivity contribution in [3.63, 3.8) is 0 Å². The normalized spacial score (nSPS) is 22.3. The van der Waals surface area contributed by atoms with Gasteiger partial charge in [-0.05, 0) is 55.3 Å². The van der Waals surface area contributed by atoms with E-state index in [1.165, 1.54) is 48.2 Å². The monoisotopic (exact) mass is 398 g/mol. The van der Waals surface area contributed by atoms with Gasteiger partial charge in [-0.2, -0.15) is 0 Å². The van der Waals surface area contributed by atoms with Gasteiger partial charge in [0.05, 0.1) is 17.5 Å². The molecule has 3 atom stereocenters. The minimum atomic E-state index is -0.856. The third-order valence-corrected chi connectivity index (χ3v) is 6.19. The number of hydrogen-bond acceptors (Lipinski definition) is 3. The van der Waals surface area contributed by atoms with Crippen molar-refractivity contribution in [2.75, 3.05) is 6.61 Å². The van der Waals surface area contributed by atoms with Crippen LogP contribution in [-0.2, 0) is 4.79 Å². The highest BCUT2D eigenvalue weighted by atomic mass is 35.5. The maximum Gasteiger partial charge on any atom is 0.306 e. The van der Waals surface area contributed by atoms with Gasteiger partial charge in [0.2, 0.25) is 0 Å². The van der Waals surface area contributed by atoms with Crippen molar-refractivity contribution in [3.8, 4) is 5.75 Å². The zero-order chi connectivity index (χ0) is 18.7. The molecule has 1 fully saturated rings. The van der Waals surface area contributed by atoms with Crippen LogP contribution in [0.1, 0.15) is 12.8 Å². The van der Waals surface area contributed by atoms with Crippen LogP contribution in [0.15, 0.2) is 47.4 Å². The number of rotatable bonds is 6. The Morgan fingerprint density at radius 3 is 2.50 bits per heavy atom.